The van der Waals surface area contributed by atoms with Crippen molar-refractivity contribution in [1.29, 1.82) is 0 Å². The fourth-order valence-corrected chi connectivity index (χ4v) is 2.59. The molecule has 0 N–H and O–H groups in total. The fourth-order valence-electron chi connectivity index (χ4n) is 2.59. The fraction of sp³-hybridized carbons (Fsp3) is 0.400. The number of nitrogens with zero attached hydrogens (tertiary/aromatic N) is 2. The molecule has 0 spiro atoms. The molecule has 1 aromatic carbocycles. The zero-order valence-electron chi connectivity index (χ0n) is 10.9. The third kappa shape index (κ3) is 1.90. The Morgan fingerprint density at radius 3 is 2.72 bits per heavy atom. The minimum absolute atomic E-state index is 0.577. The number of aryl methyl sites for hydroxylation is 1. The van der Waals surface area contributed by atoms with E-state index in [1.165, 1.54) is 18.7 Å². The van der Waals surface area contributed by atoms with Crippen molar-refractivity contribution >= 4 is 0 Å². The molecular formula is C15H18N2O. The van der Waals surface area contributed by atoms with E-state index < -0.39 is 0 Å². The van der Waals surface area contributed by atoms with Crippen LogP contribution in [0, 0.1) is 0 Å². The zero-order chi connectivity index (χ0) is 12.5. The molecule has 0 aliphatic carbocycles. The van der Waals surface area contributed by atoms with E-state index in [1.54, 1.807) is 7.11 Å². The van der Waals surface area contributed by atoms with Gasteiger partial charge in [0, 0.05) is 24.2 Å². The van der Waals surface area contributed by atoms with Crippen LogP contribution in [-0.4, -0.2) is 16.7 Å². The number of ether oxygens (including phenoxy) is 1. The molecule has 3 heteroatoms. The largest absolute Gasteiger partial charge is 0.497 e. The summed E-state index contributed by atoms with van der Waals surface area (Å²) in [6, 6.07) is 8.68. The second-order valence-electron chi connectivity index (χ2n) is 4.92. The minimum Gasteiger partial charge on any atom is -0.497 e. The van der Waals surface area contributed by atoms with E-state index in [0.29, 0.717) is 6.04 Å². The Labute approximate surface area is 107 Å². The average Bonchev–Trinajstić information content (AvgIpc) is 2.84. The Hall–Kier alpha value is -1.77. The van der Waals surface area contributed by atoms with Gasteiger partial charge in [0.1, 0.15) is 11.6 Å². The number of methoxy groups -OCH3 is 1. The summed E-state index contributed by atoms with van der Waals surface area (Å²) in [4.78, 5) is 4.75. The van der Waals surface area contributed by atoms with Gasteiger partial charge in [0.05, 0.1) is 12.8 Å². The van der Waals surface area contributed by atoms with E-state index in [0.717, 1.165) is 23.4 Å². The topological polar surface area (TPSA) is 27.1 Å². The molecule has 0 saturated heterocycles. The molecular weight excluding hydrogens is 224 g/mol. The van der Waals surface area contributed by atoms with E-state index in [1.807, 2.05) is 12.1 Å². The van der Waals surface area contributed by atoms with Crippen LogP contribution in [0.1, 0.15) is 31.6 Å². The summed E-state index contributed by atoms with van der Waals surface area (Å²) in [7, 11) is 1.69. The van der Waals surface area contributed by atoms with Gasteiger partial charge >= 0.3 is 0 Å². The van der Waals surface area contributed by atoms with E-state index >= 15 is 0 Å². The molecule has 3 nitrogen and oxygen atoms in total. The van der Waals surface area contributed by atoms with Crippen LogP contribution in [0.4, 0.5) is 0 Å². The van der Waals surface area contributed by atoms with Crippen LogP contribution in [0.2, 0.25) is 0 Å². The Morgan fingerprint density at radius 1 is 1.28 bits per heavy atom. The van der Waals surface area contributed by atoms with Crippen molar-refractivity contribution in [3.05, 3.63) is 36.3 Å². The summed E-state index contributed by atoms with van der Waals surface area (Å²) in [6.45, 7) is 2.27. The summed E-state index contributed by atoms with van der Waals surface area (Å²) in [5.74, 6) is 2.11. The second kappa shape index (κ2) is 4.48. The summed E-state index contributed by atoms with van der Waals surface area (Å²) in [5, 5.41) is 0. The molecule has 1 aliphatic heterocycles. The molecule has 3 rings (SSSR count). The monoisotopic (exact) mass is 242 g/mol. The maximum absolute atomic E-state index is 5.18. The minimum atomic E-state index is 0.577. The van der Waals surface area contributed by atoms with Gasteiger partial charge in [0.15, 0.2) is 0 Å². The van der Waals surface area contributed by atoms with Crippen molar-refractivity contribution in [2.24, 2.45) is 0 Å². The maximum Gasteiger partial charge on any atom is 0.118 e. The number of rotatable bonds is 2. The van der Waals surface area contributed by atoms with Crippen LogP contribution in [-0.2, 0) is 6.42 Å². The van der Waals surface area contributed by atoms with E-state index in [2.05, 4.69) is 29.8 Å². The van der Waals surface area contributed by atoms with Crippen LogP contribution in [0.5, 0.6) is 5.75 Å². The van der Waals surface area contributed by atoms with Crippen molar-refractivity contribution in [3.8, 4) is 17.0 Å². The van der Waals surface area contributed by atoms with Crippen molar-refractivity contribution < 1.29 is 4.74 Å². The van der Waals surface area contributed by atoms with Crippen molar-refractivity contribution in [2.45, 2.75) is 32.2 Å². The predicted molar refractivity (Wildman–Crippen MR) is 71.9 cm³/mol. The summed E-state index contributed by atoms with van der Waals surface area (Å²) in [5.41, 5.74) is 2.23. The molecule has 0 bridgehead atoms. The first-order valence-electron chi connectivity index (χ1n) is 6.50. The molecule has 1 aromatic heterocycles. The number of hydrogen-bond acceptors (Lipinski definition) is 2. The zero-order valence-corrected chi connectivity index (χ0v) is 10.9. The Balaban J connectivity index is 1.96. The first-order valence-corrected chi connectivity index (χ1v) is 6.50. The smallest absolute Gasteiger partial charge is 0.118 e. The molecule has 1 aliphatic rings. The SMILES string of the molecule is COc1ccc(-c2cn3c(n2)CCCC3C)cc1. The number of aromatic nitrogens is 2. The first kappa shape index (κ1) is 11.3. The highest BCUT2D eigenvalue weighted by Crippen LogP contribution is 2.28. The first-order chi connectivity index (χ1) is 8.78. The standard InChI is InChI=1S/C15H18N2O/c1-11-4-3-5-15-16-14(10-17(11)15)12-6-8-13(18-2)9-7-12/h6-11H,3-5H2,1-2H3. The predicted octanol–water partition coefficient (Wildman–Crippen LogP) is 3.46. The number of benzene rings is 1. The molecule has 94 valence electrons. The van der Waals surface area contributed by atoms with Crippen LogP contribution in [0.15, 0.2) is 30.5 Å². The van der Waals surface area contributed by atoms with Crippen LogP contribution in [0.3, 0.4) is 0 Å². The number of imidazole rings is 1. The molecule has 0 radical (unpaired) electrons. The van der Waals surface area contributed by atoms with Gasteiger partial charge in [-0.3, -0.25) is 0 Å². The van der Waals surface area contributed by atoms with Gasteiger partial charge in [-0.2, -0.15) is 0 Å². The van der Waals surface area contributed by atoms with Gasteiger partial charge in [-0.25, -0.2) is 4.98 Å². The highest BCUT2D eigenvalue weighted by Gasteiger charge is 2.18. The van der Waals surface area contributed by atoms with Crippen molar-refractivity contribution in [3.63, 3.8) is 0 Å². The number of fused-ring (bicyclic) bond motifs is 1. The van der Waals surface area contributed by atoms with Gasteiger partial charge in [-0.1, -0.05) is 0 Å². The molecule has 18 heavy (non-hydrogen) atoms. The third-order valence-electron chi connectivity index (χ3n) is 3.69. The lowest BCUT2D eigenvalue weighted by atomic mass is 10.1. The summed E-state index contributed by atoms with van der Waals surface area (Å²) in [6.07, 6.45) is 5.78. The Kier molecular flexibility index (Phi) is 2.82. The van der Waals surface area contributed by atoms with Gasteiger partial charge < -0.3 is 9.30 Å². The van der Waals surface area contributed by atoms with Crippen molar-refractivity contribution in [2.75, 3.05) is 7.11 Å². The van der Waals surface area contributed by atoms with Crippen LogP contribution >= 0.6 is 0 Å². The lowest BCUT2D eigenvalue weighted by molar-refractivity contribution is 0.415. The molecule has 0 saturated carbocycles. The van der Waals surface area contributed by atoms with Gasteiger partial charge in [-0.15, -0.1) is 0 Å². The van der Waals surface area contributed by atoms with E-state index in [-0.39, 0.29) is 0 Å². The lowest BCUT2D eigenvalue weighted by Gasteiger charge is -2.20. The third-order valence-corrected chi connectivity index (χ3v) is 3.69. The second-order valence-corrected chi connectivity index (χ2v) is 4.92. The molecule has 1 atom stereocenters. The lowest BCUT2D eigenvalue weighted by Crippen LogP contribution is -2.14. The van der Waals surface area contributed by atoms with E-state index in [4.69, 9.17) is 9.72 Å². The van der Waals surface area contributed by atoms with E-state index in [9.17, 15) is 0 Å². The molecule has 2 heterocycles. The van der Waals surface area contributed by atoms with Gasteiger partial charge in [0.2, 0.25) is 0 Å². The quantitative estimate of drug-likeness (QED) is 0.806. The molecule has 0 amide bonds. The highest BCUT2D eigenvalue weighted by molar-refractivity contribution is 5.59. The van der Waals surface area contributed by atoms with Gasteiger partial charge in [-0.05, 0) is 44.0 Å². The summed E-state index contributed by atoms with van der Waals surface area (Å²) >= 11 is 0. The molecule has 0 fully saturated rings. The average molecular weight is 242 g/mol. The van der Waals surface area contributed by atoms with Crippen LogP contribution < -0.4 is 4.74 Å². The normalized spacial score (nSPS) is 18.4. The Bertz CT molecular complexity index is 542. The number of hydrogen-bond donors (Lipinski definition) is 0. The maximum atomic E-state index is 5.18. The van der Waals surface area contributed by atoms with Gasteiger partial charge in [0.25, 0.3) is 0 Å². The van der Waals surface area contributed by atoms with Crippen molar-refractivity contribution in [1.82, 2.24) is 9.55 Å². The Morgan fingerprint density at radius 2 is 2.06 bits per heavy atom. The molecule has 1 unspecified atom stereocenters. The summed E-state index contributed by atoms with van der Waals surface area (Å²) < 4.78 is 7.50. The van der Waals surface area contributed by atoms with Crippen LogP contribution in [0.25, 0.3) is 11.3 Å². The molecule has 2 aromatic rings. The highest BCUT2D eigenvalue weighted by atomic mass is 16.5.